The number of amides is 1. The molecule has 1 radical (unpaired) electrons. The number of rotatable bonds is 3. The summed E-state index contributed by atoms with van der Waals surface area (Å²) in [4.78, 5) is 11.5. The standard InChI is InChI=1S/C12H13N2O2S/c1-2-8-16-12(15)14-9-17-11(13-14)10-6-4-3-5-7-10/h3-7,9H,2,8H2,1H3. The van der Waals surface area contributed by atoms with Gasteiger partial charge in [0.1, 0.15) is 10.9 Å². The molecule has 1 amide bonds. The lowest BCUT2D eigenvalue weighted by atomic mass is 10.2. The topological polar surface area (TPSA) is 41.9 Å². The molecule has 5 heteroatoms. The van der Waals surface area contributed by atoms with Crippen molar-refractivity contribution in [2.24, 2.45) is 5.10 Å². The fourth-order valence-corrected chi connectivity index (χ4v) is 2.03. The zero-order valence-electron chi connectivity index (χ0n) is 9.50. The number of nitrogens with zero attached hydrogens (tertiary/aromatic N) is 2. The van der Waals surface area contributed by atoms with Crippen LogP contribution in [-0.2, 0) is 4.74 Å². The Kier molecular flexibility index (Phi) is 4.03. The Hall–Kier alpha value is -1.49. The minimum Gasteiger partial charge on any atom is -0.448 e. The first kappa shape index (κ1) is 12.0. The van der Waals surface area contributed by atoms with E-state index in [9.17, 15) is 4.79 Å². The monoisotopic (exact) mass is 249 g/mol. The molecule has 0 saturated heterocycles. The summed E-state index contributed by atoms with van der Waals surface area (Å²) in [5.41, 5.74) is 1.000. The fourth-order valence-electron chi connectivity index (χ4n) is 1.29. The predicted molar refractivity (Wildman–Crippen MR) is 68.3 cm³/mol. The first-order chi connectivity index (χ1) is 8.31. The maximum atomic E-state index is 11.5. The van der Waals surface area contributed by atoms with Gasteiger partial charge in [0.15, 0.2) is 0 Å². The highest BCUT2D eigenvalue weighted by Gasteiger charge is 2.23. The van der Waals surface area contributed by atoms with Crippen molar-refractivity contribution in [2.75, 3.05) is 6.61 Å². The Morgan fingerprint density at radius 3 is 2.88 bits per heavy atom. The van der Waals surface area contributed by atoms with Crippen LogP contribution in [0.1, 0.15) is 18.9 Å². The number of hydrazone groups is 1. The second-order valence-electron chi connectivity index (χ2n) is 3.45. The van der Waals surface area contributed by atoms with Crippen LogP contribution in [0.5, 0.6) is 0 Å². The van der Waals surface area contributed by atoms with Gasteiger partial charge in [-0.25, -0.2) is 4.79 Å². The Morgan fingerprint density at radius 1 is 1.41 bits per heavy atom. The molecule has 0 spiro atoms. The van der Waals surface area contributed by atoms with Crippen LogP contribution in [0.2, 0.25) is 0 Å². The number of hydrogen-bond donors (Lipinski definition) is 0. The Labute approximate surface area is 105 Å². The highest BCUT2D eigenvalue weighted by atomic mass is 32.2. The van der Waals surface area contributed by atoms with Gasteiger partial charge in [0.25, 0.3) is 0 Å². The zero-order valence-corrected chi connectivity index (χ0v) is 10.3. The number of hydrogen-bond acceptors (Lipinski definition) is 4. The van der Waals surface area contributed by atoms with E-state index in [1.165, 1.54) is 16.8 Å². The molecule has 0 atom stereocenters. The Bertz CT molecular complexity index is 420. The molecule has 0 fully saturated rings. The molecule has 1 aliphatic rings. The van der Waals surface area contributed by atoms with Gasteiger partial charge in [0, 0.05) is 5.56 Å². The lowest BCUT2D eigenvalue weighted by Gasteiger charge is -2.09. The summed E-state index contributed by atoms with van der Waals surface area (Å²) in [5, 5.41) is 6.24. The van der Waals surface area contributed by atoms with Crippen molar-refractivity contribution >= 4 is 22.9 Å². The summed E-state index contributed by atoms with van der Waals surface area (Å²) in [5.74, 6) is 1.65. The van der Waals surface area contributed by atoms with Crippen LogP contribution in [0, 0.1) is 5.88 Å². The molecule has 0 bridgehead atoms. The van der Waals surface area contributed by atoms with Crippen molar-refractivity contribution < 1.29 is 9.53 Å². The number of carbonyl (C=O) groups is 1. The van der Waals surface area contributed by atoms with Gasteiger partial charge in [-0.1, -0.05) is 49.0 Å². The predicted octanol–water partition coefficient (Wildman–Crippen LogP) is 3.06. The van der Waals surface area contributed by atoms with Crippen molar-refractivity contribution in [3.05, 3.63) is 41.8 Å². The van der Waals surface area contributed by atoms with E-state index in [0.29, 0.717) is 6.61 Å². The lowest BCUT2D eigenvalue weighted by Crippen LogP contribution is -2.21. The largest absolute Gasteiger partial charge is 0.448 e. The summed E-state index contributed by atoms with van der Waals surface area (Å²) < 4.78 is 4.99. The van der Waals surface area contributed by atoms with Crippen LogP contribution in [0.15, 0.2) is 35.4 Å². The molecule has 1 heterocycles. The Balaban J connectivity index is 2.02. The van der Waals surface area contributed by atoms with Gasteiger partial charge in [-0.05, 0) is 6.42 Å². The second kappa shape index (κ2) is 5.72. The van der Waals surface area contributed by atoms with E-state index in [4.69, 9.17) is 4.74 Å². The molecular weight excluding hydrogens is 236 g/mol. The SMILES string of the molecule is CCCOC(=O)N1[CH]SC(c2ccccc2)=N1. The van der Waals surface area contributed by atoms with Crippen LogP contribution >= 0.6 is 11.8 Å². The van der Waals surface area contributed by atoms with E-state index in [1.54, 1.807) is 5.88 Å². The number of ether oxygens (including phenoxy) is 1. The van der Waals surface area contributed by atoms with E-state index in [1.807, 2.05) is 37.3 Å². The Morgan fingerprint density at radius 2 is 2.18 bits per heavy atom. The van der Waals surface area contributed by atoms with Crippen LogP contribution in [0.3, 0.4) is 0 Å². The van der Waals surface area contributed by atoms with Crippen molar-refractivity contribution in [1.82, 2.24) is 5.01 Å². The van der Waals surface area contributed by atoms with Gasteiger partial charge < -0.3 is 4.74 Å². The average Bonchev–Trinajstić information content (AvgIpc) is 2.86. The first-order valence-electron chi connectivity index (χ1n) is 5.41. The van der Waals surface area contributed by atoms with Gasteiger partial charge in [-0.15, -0.1) is 0 Å². The van der Waals surface area contributed by atoms with Gasteiger partial charge in [0.2, 0.25) is 0 Å². The first-order valence-corrected chi connectivity index (χ1v) is 6.29. The third kappa shape index (κ3) is 3.00. The van der Waals surface area contributed by atoms with Gasteiger partial charge in [-0.2, -0.15) is 10.1 Å². The molecule has 0 N–H and O–H groups in total. The van der Waals surface area contributed by atoms with Gasteiger partial charge >= 0.3 is 6.09 Å². The van der Waals surface area contributed by atoms with Gasteiger partial charge in [-0.3, -0.25) is 0 Å². The van der Waals surface area contributed by atoms with Crippen LogP contribution in [0.4, 0.5) is 4.79 Å². The van der Waals surface area contributed by atoms with E-state index in [0.717, 1.165) is 17.0 Å². The van der Waals surface area contributed by atoms with E-state index in [-0.39, 0.29) is 0 Å². The quantitative estimate of drug-likeness (QED) is 0.826. The van der Waals surface area contributed by atoms with Gasteiger partial charge in [0.05, 0.1) is 6.61 Å². The molecular formula is C12H13N2O2S. The summed E-state index contributed by atoms with van der Waals surface area (Å²) >= 11 is 1.42. The molecule has 1 aliphatic heterocycles. The van der Waals surface area contributed by atoms with E-state index in [2.05, 4.69) is 5.10 Å². The highest BCUT2D eigenvalue weighted by molar-refractivity contribution is 8.16. The molecule has 17 heavy (non-hydrogen) atoms. The molecule has 4 nitrogen and oxygen atoms in total. The number of carbonyl (C=O) groups excluding carboxylic acids is 1. The highest BCUT2D eigenvalue weighted by Crippen LogP contribution is 2.26. The smallest absolute Gasteiger partial charge is 0.431 e. The van der Waals surface area contributed by atoms with Crippen molar-refractivity contribution in [3.8, 4) is 0 Å². The fraction of sp³-hybridized carbons (Fsp3) is 0.250. The third-order valence-corrected chi connectivity index (χ3v) is 2.95. The van der Waals surface area contributed by atoms with Crippen molar-refractivity contribution in [2.45, 2.75) is 13.3 Å². The molecule has 0 unspecified atom stereocenters. The van der Waals surface area contributed by atoms with Crippen LogP contribution in [0.25, 0.3) is 0 Å². The number of thioether (sulfide) groups is 1. The molecule has 1 aromatic rings. The van der Waals surface area contributed by atoms with E-state index >= 15 is 0 Å². The minimum atomic E-state index is -0.426. The summed E-state index contributed by atoms with van der Waals surface area (Å²) in [6, 6.07) is 9.74. The summed E-state index contributed by atoms with van der Waals surface area (Å²) in [6.45, 7) is 2.37. The summed E-state index contributed by atoms with van der Waals surface area (Å²) in [6.07, 6.45) is 0.382. The molecule has 2 rings (SSSR count). The molecule has 0 aliphatic carbocycles. The van der Waals surface area contributed by atoms with E-state index < -0.39 is 6.09 Å². The van der Waals surface area contributed by atoms with Crippen molar-refractivity contribution in [1.29, 1.82) is 0 Å². The maximum Gasteiger partial charge on any atom is 0.431 e. The molecule has 0 aromatic heterocycles. The molecule has 89 valence electrons. The lowest BCUT2D eigenvalue weighted by molar-refractivity contribution is 0.116. The summed E-state index contributed by atoms with van der Waals surface area (Å²) in [7, 11) is 0. The second-order valence-corrected chi connectivity index (χ2v) is 4.29. The normalized spacial score (nSPS) is 14.6. The van der Waals surface area contributed by atoms with Crippen molar-refractivity contribution in [3.63, 3.8) is 0 Å². The third-order valence-electron chi connectivity index (χ3n) is 2.10. The molecule has 0 saturated carbocycles. The van der Waals surface area contributed by atoms with Crippen LogP contribution in [-0.4, -0.2) is 22.8 Å². The maximum absolute atomic E-state index is 11.5. The average molecular weight is 249 g/mol. The zero-order chi connectivity index (χ0) is 12.1. The van der Waals surface area contributed by atoms with Crippen LogP contribution < -0.4 is 0 Å². The number of benzene rings is 1. The molecule has 1 aromatic carbocycles. The minimum absolute atomic E-state index is 0.421.